The summed E-state index contributed by atoms with van der Waals surface area (Å²) in [5.74, 6) is 0.679. The summed E-state index contributed by atoms with van der Waals surface area (Å²) in [5, 5.41) is 8.32. The minimum absolute atomic E-state index is 0.0163. The molecule has 0 spiro atoms. The van der Waals surface area contributed by atoms with Gasteiger partial charge in [-0.25, -0.2) is 0 Å². The van der Waals surface area contributed by atoms with E-state index in [9.17, 15) is 14.4 Å². The van der Waals surface area contributed by atoms with Crippen LogP contribution >= 0.6 is 11.8 Å². The van der Waals surface area contributed by atoms with E-state index in [2.05, 4.69) is 16.0 Å². The van der Waals surface area contributed by atoms with Crippen molar-refractivity contribution in [3.63, 3.8) is 0 Å². The Bertz CT molecular complexity index is 929. The number of amides is 3. The molecule has 3 amide bonds. The number of hydrogen-bond acceptors (Lipinski definition) is 5. The fourth-order valence-electron chi connectivity index (χ4n) is 2.73. The molecule has 0 unspecified atom stereocenters. The van der Waals surface area contributed by atoms with E-state index >= 15 is 0 Å². The highest BCUT2D eigenvalue weighted by Gasteiger charge is 2.18. The first kappa shape index (κ1) is 16.5. The number of rotatable bonds is 2. The maximum absolute atomic E-state index is 12.6. The van der Waals surface area contributed by atoms with Gasteiger partial charge in [0, 0.05) is 28.3 Å². The molecule has 0 fully saturated rings. The summed E-state index contributed by atoms with van der Waals surface area (Å²) in [4.78, 5) is 36.6. The topological polar surface area (TPSA) is 96.5 Å². The fraction of sp³-hybridized carbons (Fsp3) is 0.167. The lowest BCUT2D eigenvalue weighted by molar-refractivity contribution is -0.118. The zero-order valence-corrected chi connectivity index (χ0v) is 14.4. The molecule has 4 rings (SSSR count). The second-order valence-corrected chi connectivity index (χ2v) is 7.00. The first-order valence-electron chi connectivity index (χ1n) is 8.03. The normalized spacial score (nSPS) is 15.5. The zero-order valence-electron chi connectivity index (χ0n) is 13.6. The quantitative estimate of drug-likeness (QED) is 0.756. The Hall–Kier alpha value is -3.00. The number of thioether (sulfide) groups is 1. The average molecular weight is 369 g/mol. The molecule has 0 bridgehead atoms. The molecule has 0 saturated heterocycles. The molecule has 0 aliphatic carbocycles. The minimum Gasteiger partial charge on any atom is -0.482 e. The van der Waals surface area contributed by atoms with Gasteiger partial charge in [0.05, 0.1) is 11.4 Å². The van der Waals surface area contributed by atoms with E-state index in [-0.39, 0.29) is 24.3 Å². The van der Waals surface area contributed by atoms with Crippen molar-refractivity contribution in [2.45, 2.75) is 11.3 Å². The largest absolute Gasteiger partial charge is 0.482 e. The van der Waals surface area contributed by atoms with Crippen molar-refractivity contribution in [3.8, 4) is 5.75 Å². The number of nitrogens with one attached hydrogen (secondary N) is 3. The third-order valence-corrected chi connectivity index (χ3v) is 5.05. The zero-order chi connectivity index (χ0) is 18.1. The molecular weight excluding hydrogens is 354 g/mol. The maximum Gasteiger partial charge on any atom is 0.262 e. The van der Waals surface area contributed by atoms with E-state index in [1.165, 1.54) is 0 Å². The van der Waals surface area contributed by atoms with Gasteiger partial charge in [0.25, 0.3) is 11.8 Å². The predicted molar refractivity (Wildman–Crippen MR) is 98.9 cm³/mol. The molecule has 2 aliphatic heterocycles. The Morgan fingerprint density at radius 3 is 2.77 bits per heavy atom. The number of hydrogen-bond donors (Lipinski definition) is 3. The Kier molecular flexibility index (Phi) is 4.26. The summed E-state index contributed by atoms with van der Waals surface area (Å²) in [5.41, 5.74) is 2.14. The van der Waals surface area contributed by atoms with E-state index in [0.717, 1.165) is 4.90 Å². The molecule has 2 aromatic rings. The van der Waals surface area contributed by atoms with Crippen LogP contribution < -0.4 is 20.7 Å². The summed E-state index contributed by atoms with van der Waals surface area (Å²) in [7, 11) is 0. The minimum atomic E-state index is -0.306. The van der Waals surface area contributed by atoms with Gasteiger partial charge in [-0.1, -0.05) is 0 Å². The number of fused-ring (bicyclic) bond motifs is 2. The highest BCUT2D eigenvalue weighted by molar-refractivity contribution is 7.99. The van der Waals surface area contributed by atoms with E-state index in [1.807, 2.05) is 6.07 Å². The standard InChI is InChI=1S/C18H15N3O4S/c22-16-5-6-26-15-4-1-10(7-13(15)21-16)18(24)19-11-2-3-14-12(8-11)20-17(23)9-25-14/h1-4,7-8H,5-6,9H2,(H,19,24)(H,20,23)(H,21,22). The van der Waals surface area contributed by atoms with Crippen LogP contribution in [0.15, 0.2) is 41.3 Å². The summed E-state index contributed by atoms with van der Waals surface area (Å²) in [6.07, 6.45) is 0.448. The van der Waals surface area contributed by atoms with Gasteiger partial charge in [-0.3, -0.25) is 14.4 Å². The lowest BCUT2D eigenvalue weighted by Gasteiger charge is -2.18. The van der Waals surface area contributed by atoms with Crippen molar-refractivity contribution in [3.05, 3.63) is 42.0 Å². The second-order valence-electron chi connectivity index (χ2n) is 5.86. The van der Waals surface area contributed by atoms with Crippen molar-refractivity contribution in [1.29, 1.82) is 0 Å². The van der Waals surface area contributed by atoms with Crippen molar-refractivity contribution in [2.24, 2.45) is 0 Å². The SMILES string of the molecule is O=C1COc2ccc(NC(=O)c3ccc4c(c3)NC(=O)CCS4)cc2N1. The maximum atomic E-state index is 12.6. The van der Waals surface area contributed by atoms with Gasteiger partial charge in [0.15, 0.2) is 6.61 Å². The van der Waals surface area contributed by atoms with Crippen LogP contribution in [0.5, 0.6) is 5.75 Å². The van der Waals surface area contributed by atoms with Gasteiger partial charge in [-0.05, 0) is 36.4 Å². The van der Waals surface area contributed by atoms with Gasteiger partial charge in [0.1, 0.15) is 5.75 Å². The predicted octanol–water partition coefficient (Wildman–Crippen LogP) is 2.70. The van der Waals surface area contributed by atoms with Crippen LogP contribution in [0.1, 0.15) is 16.8 Å². The van der Waals surface area contributed by atoms with Crippen LogP contribution in [-0.2, 0) is 9.59 Å². The number of anilines is 3. The second kappa shape index (κ2) is 6.72. The lowest BCUT2D eigenvalue weighted by Crippen LogP contribution is -2.25. The molecule has 132 valence electrons. The molecule has 7 nitrogen and oxygen atoms in total. The van der Waals surface area contributed by atoms with Crippen LogP contribution in [0.2, 0.25) is 0 Å². The third kappa shape index (κ3) is 3.36. The van der Waals surface area contributed by atoms with E-state index in [1.54, 1.807) is 42.1 Å². The monoisotopic (exact) mass is 369 g/mol. The summed E-state index contributed by atoms with van der Waals surface area (Å²) < 4.78 is 5.30. The number of carbonyl (C=O) groups is 3. The molecule has 8 heteroatoms. The highest BCUT2D eigenvalue weighted by atomic mass is 32.2. The van der Waals surface area contributed by atoms with Crippen LogP contribution in [0.3, 0.4) is 0 Å². The first-order valence-corrected chi connectivity index (χ1v) is 9.02. The van der Waals surface area contributed by atoms with Crippen LogP contribution in [0, 0.1) is 0 Å². The molecule has 2 heterocycles. The Morgan fingerprint density at radius 1 is 1.04 bits per heavy atom. The summed E-state index contributed by atoms with van der Waals surface area (Å²) in [6, 6.07) is 10.3. The third-order valence-electron chi connectivity index (χ3n) is 3.97. The Balaban J connectivity index is 1.54. The van der Waals surface area contributed by atoms with Gasteiger partial charge < -0.3 is 20.7 Å². The number of benzene rings is 2. The molecule has 3 N–H and O–H groups in total. The van der Waals surface area contributed by atoms with Crippen molar-refractivity contribution >= 4 is 46.5 Å². The molecule has 0 atom stereocenters. The average Bonchev–Trinajstić information content (AvgIpc) is 2.81. The Morgan fingerprint density at radius 2 is 1.88 bits per heavy atom. The summed E-state index contributed by atoms with van der Waals surface area (Å²) in [6.45, 7) is -0.0163. The van der Waals surface area contributed by atoms with E-state index in [4.69, 9.17) is 4.74 Å². The molecule has 2 aliphatic rings. The fourth-order valence-corrected chi connectivity index (χ4v) is 3.66. The Labute approximate surface area is 153 Å². The van der Waals surface area contributed by atoms with Gasteiger partial charge in [-0.2, -0.15) is 0 Å². The molecular formula is C18H15N3O4S. The number of ether oxygens (including phenoxy) is 1. The van der Waals surface area contributed by atoms with Gasteiger partial charge in [-0.15, -0.1) is 11.8 Å². The van der Waals surface area contributed by atoms with Gasteiger partial charge >= 0.3 is 0 Å². The lowest BCUT2D eigenvalue weighted by atomic mass is 10.1. The van der Waals surface area contributed by atoms with Crippen LogP contribution in [-0.4, -0.2) is 30.1 Å². The first-order chi connectivity index (χ1) is 12.6. The molecule has 26 heavy (non-hydrogen) atoms. The summed E-state index contributed by atoms with van der Waals surface area (Å²) >= 11 is 1.58. The number of carbonyl (C=O) groups excluding carboxylic acids is 3. The van der Waals surface area contributed by atoms with Crippen LogP contribution in [0.25, 0.3) is 0 Å². The van der Waals surface area contributed by atoms with Crippen molar-refractivity contribution < 1.29 is 19.1 Å². The van der Waals surface area contributed by atoms with Crippen molar-refractivity contribution in [1.82, 2.24) is 0 Å². The van der Waals surface area contributed by atoms with Gasteiger partial charge in [0.2, 0.25) is 5.91 Å². The smallest absolute Gasteiger partial charge is 0.262 e. The van der Waals surface area contributed by atoms with E-state index in [0.29, 0.717) is 40.5 Å². The van der Waals surface area contributed by atoms with Crippen molar-refractivity contribution in [2.75, 3.05) is 28.3 Å². The van der Waals surface area contributed by atoms with E-state index < -0.39 is 0 Å². The van der Waals surface area contributed by atoms with Crippen LogP contribution in [0.4, 0.5) is 17.1 Å². The molecule has 0 aromatic heterocycles. The highest BCUT2D eigenvalue weighted by Crippen LogP contribution is 2.33. The molecule has 0 radical (unpaired) electrons. The molecule has 2 aromatic carbocycles. The molecule has 0 saturated carbocycles.